The number of carbonyl (C=O) groups is 3. The van der Waals surface area contributed by atoms with Crippen molar-refractivity contribution in [1.29, 1.82) is 0 Å². The monoisotopic (exact) mass is 348 g/mol. The minimum Gasteiger partial charge on any atom is -0.479 e. The number of aliphatic carboxylic acids is 1. The highest BCUT2D eigenvalue weighted by atomic mass is 16.6. The van der Waals surface area contributed by atoms with Crippen molar-refractivity contribution in [2.75, 3.05) is 13.2 Å². The molecular weight excluding hydrogens is 328 g/mol. The summed E-state index contributed by atoms with van der Waals surface area (Å²) in [6.07, 6.45) is -8.77. The highest BCUT2D eigenvalue weighted by Gasteiger charge is 2.47. The Balaban J connectivity index is 2.46. The van der Waals surface area contributed by atoms with Crippen LogP contribution in [0.25, 0.3) is 0 Å². The fourth-order valence-corrected chi connectivity index (χ4v) is 1.81. The van der Waals surface area contributed by atoms with Gasteiger partial charge in [-0.1, -0.05) is 6.58 Å². The van der Waals surface area contributed by atoms with Crippen molar-refractivity contribution in [2.45, 2.75) is 37.6 Å². The van der Waals surface area contributed by atoms with E-state index < -0.39 is 48.6 Å². The summed E-state index contributed by atoms with van der Waals surface area (Å²) in [5, 5.41) is 42.1. The Hall–Kier alpha value is -2.21. The normalized spacial score (nSPS) is 29.4. The van der Waals surface area contributed by atoms with Crippen molar-refractivity contribution in [3.63, 3.8) is 0 Å². The Morgan fingerprint density at radius 1 is 1.17 bits per heavy atom. The van der Waals surface area contributed by atoms with Gasteiger partial charge in [0.2, 0.25) is 0 Å². The van der Waals surface area contributed by atoms with Gasteiger partial charge >= 0.3 is 18.0 Å². The second-order valence-corrected chi connectivity index (χ2v) is 5.10. The maximum absolute atomic E-state index is 11.6. The van der Waals surface area contributed by atoms with Crippen LogP contribution in [0.2, 0.25) is 0 Å². The second-order valence-electron chi connectivity index (χ2n) is 5.10. The molecule has 0 aromatic carbocycles. The van der Waals surface area contributed by atoms with Gasteiger partial charge in [-0.25, -0.2) is 14.4 Å². The summed E-state index contributed by atoms with van der Waals surface area (Å²) in [7, 11) is 0. The number of carboxylic acids is 1. The van der Waals surface area contributed by atoms with Crippen molar-refractivity contribution < 1.29 is 44.3 Å². The zero-order valence-electron chi connectivity index (χ0n) is 12.8. The van der Waals surface area contributed by atoms with Gasteiger partial charge in [0.25, 0.3) is 0 Å². The highest BCUT2D eigenvalue weighted by Crippen LogP contribution is 2.20. The third-order valence-corrected chi connectivity index (χ3v) is 3.10. The summed E-state index contributed by atoms with van der Waals surface area (Å²) >= 11 is 0. The lowest BCUT2D eigenvalue weighted by Crippen LogP contribution is -2.64. The smallest absolute Gasteiger partial charge is 0.335 e. The van der Waals surface area contributed by atoms with Crippen LogP contribution in [0.1, 0.15) is 6.92 Å². The lowest BCUT2D eigenvalue weighted by molar-refractivity contribution is -0.231. The highest BCUT2D eigenvalue weighted by molar-refractivity contribution is 5.86. The number of carbonyl (C=O) groups excluding carboxylic acids is 2. The van der Waals surface area contributed by atoms with Gasteiger partial charge in [-0.2, -0.15) is 0 Å². The molecular formula is C13H20N2O9. The van der Waals surface area contributed by atoms with E-state index in [1.807, 2.05) is 0 Å². The number of hydrogen-bond donors (Lipinski definition) is 6. The van der Waals surface area contributed by atoms with E-state index in [0.717, 1.165) is 0 Å². The van der Waals surface area contributed by atoms with E-state index in [4.69, 9.17) is 14.6 Å². The molecule has 0 aliphatic carbocycles. The first-order valence-electron chi connectivity index (χ1n) is 6.94. The predicted molar refractivity (Wildman–Crippen MR) is 76.6 cm³/mol. The van der Waals surface area contributed by atoms with Crippen molar-refractivity contribution in [3.8, 4) is 0 Å². The molecule has 24 heavy (non-hydrogen) atoms. The summed E-state index contributed by atoms with van der Waals surface area (Å²) < 4.78 is 9.59. The molecule has 1 rings (SSSR count). The van der Waals surface area contributed by atoms with E-state index in [9.17, 15) is 29.7 Å². The third-order valence-electron chi connectivity index (χ3n) is 3.10. The third kappa shape index (κ3) is 5.16. The number of carboxylic acid groups (broad SMARTS) is 1. The minimum atomic E-state index is -1.85. The maximum atomic E-state index is 11.6. The lowest BCUT2D eigenvalue weighted by atomic mass is 9.98. The van der Waals surface area contributed by atoms with Crippen LogP contribution in [0.5, 0.6) is 0 Å². The molecule has 5 atom stereocenters. The van der Waals surface area contributed by atoms with E-state index >= 15 is 0 Å². The van der Waals surface area contributed by atoms with Gasteiger partial charge < -0.3 is 40.5 Å². The average molecular weight is 348 g/mol. The van der Waals surface area contributed by atoms with Crippen LogP contribution in [-0.2, 0) is 19.1 Å². The quantitative estimate of drug-likeness (QED) is 0.169. The number of nitrogens with one attached hydrogen (secondary N) is 2. The first kappa shape index (κ1) is 19.8. The Morgan fingerprint density at radius 2 is 1.79 bits per heavy atom. The van der Waals surface area contributed by atoms with Gasteiger partial charge in [-0.05, 0) is 6.92 Å². The number of aliphatic hydroxyl groups is 3. The van der Waals surface area contributed by atoms with Crippen LogP contribution in [0.15, 0.2) is 12.2 Å². The average Bonchev–Trinajstić information content (AvgIpc) is 2.51. The minimum absolute atomic E-state index is 0.0682. The Morgan fingerprint density at radius 3 is 2.33 bits per heavy atom. The molecule has 1 saturated heterocycles. The molecule has 2 amide bonds. The van der Waals surface area contributed by atoms with Gasteiger partial charge in [-0.15, -0.1) is 0 Å². The molecule has 11 heteroatoms. The number of amides is 2. The number of urea groups is 1. The molecule has 1 fully saturated rings. The lowest BCUT2D eigenvalue weighted by Gasteiger charge is -2.38. The van der Waals surface area contributed by atoms with Crippen molar-refractivity contribution in [3.05, 3.63) is 12.2 Å². The van der Waals surface area contributed by atoms with E-state index in [1.165, 1.54) is 6.92 Å². The van der Waals surface area contributed by atoms with E-state index in [-0.39, 0.29) is 18.7 Å². The van der Waals surface area contributed by atoms with Crippen molar-refractivity contribution in [1.82, 2.24) is 10.6 Å². The fraction of sp³-hybridized carbons (Fsp3) is 0.615. The number of rotatable bonds is 6. The summed E-state index contributed by atoms with van der Waals surface area (Å²) in [5.74, 6) is -2.18. The largest absolute Gasteiger partial charge is 0.479 e. The summed E-state index contributed by atoms with van der Waals surface area (Å²) in [6.45, 7) is 4.64. The molecule has 0 radical (unpaired) electrons. The molecule has 0 spiro atoms. The summed E-state index contributed by atoms with van der Waals surface area (Å²) in [5.41, 5.74) is 0.199. The molecule has 1 aliphatic rings. The van der Waals surface area contributed by atoms with E-state index in [1.54, 1.807) is 0 Å². The zero-order chi connectivity index (χ0) is 18.4. The van der Waals surface area contributed by atoms with Crippen molar-refractivity contribution in [2.24, 2.45) is 0 Å². The SMILES string of the molecule is C=C(C)C(=O)OCCNC(=O)N[C@@H]1O[C@H](C(=O)O)[C@@H](O)[C@H](O)[C@H]1O. The molecule has 1 heterocycles. The predicted octanol–water partition coefficient (Wildman–Crippen LogP) is -2.70. The van der Waals surface area contributed by atoms with Crippen LogP contribution < -0.4 is 10.6 Å². The number of aliphatic hydroxyl groups excluding tert-OH is 3. The van der Waals surface area contributed by atoms with Crippen LogP contribution >= 0.6 is 0 Å². The molecule has 11 nitrogen and oxygen atoms in total. The topological polar surface area (TPSA) is 175 Å². The molecule has 0 aromatic rings. The second kappa shape index (κ2) is 8.59. The fourth-order valence-electron chi connectivity index (χ4n) is 1.81. The van der Waals surface area contributed by atoms with Crippen molar-refractivity contribution >= 4 is 18.0 Å². The number of ether oxygens (including phenoxy) is 2. The van der Waals surface area contributed by atoms with Gasteiger partial charge in [0.1, 0.15) is 24.9 Å². The van der Waals surface area contributed by atoms with Crippen LogP contribution in [0.3, 0.4) is 0 Å². The molecule has 0 aromatic heterocycles. The van der Waals surface area contributed by atoms with Crippen LogP contribution in [0, 0.1) is 0 Å². The molecule has 1 aliphatic heterocycles. The Kier molecular flexibility index (Phi) is 7.10. The van der Waals surface area contributed by atoms with Gasteiger partial charge in [0.15, 0.2) is 12.3 Å². The Labute approximate surface area is 136 Å². The molecule has 0 saturated carbocycles. The van der Waals surface area contributed by atoms with E-state index in [2.05, 4.69) is 17.2 Å². The van der Waals surface area contributed by atoms with E-state index in [0.29, 0.717) is 0 Å². The number of hydrogen-bond acceptors (Lipinski definition) is 8. The van der Waals surface area contributed by atoms with Gasteiger partial charge in [-0.3, -0.25) is 0 Å². The first-order valence-corrected chi connectivity index (χ1v) is 6.94. The zero-order valence-corrected chi connectivity index (χ0v) is 12.8. The summed E-state index contributed by atoms with van der Waals surface area (Å²) in [6, 6.07) is -0.863. The van der Waals surface area contributed by atoms with Crippen LogP contribution in [0.4, 0.5) is 4.79 Å². The van der Waals surface area contributed by atoms with Gasteiger partial charge in [0, 0.05) is 5.57 Å². The summed E-state index contributed by atoms with van der Waals surface area (Å²) in [4.78, 5) is 33.7. The molecule has 0 unspecified atom stereocenters. The number of esters is 1. The standard InChI is InChI=1S/C13H20N2O9/c1-5(2)12(21)23-4-3-14-13(22)15-10-8(18)6(16)7(17)9(24-10)11(19)20/h6-10,16-18H,1,3-4H2,2H3,(H,19,20)(H2,14,15,22)/t6-,7-,8+,9-,10+/m0/s1. The Bertz CT molecular complexity index is 510. The molecule has 136 valence electrons. The molecule has 0 bridgehead atoms. The van der Waals surface area contributed by atoms with Gasteiger partial charge in [0.05, 0.1) is 6.54 Å². The molecule has 6 N–H and O–H groups in total. The van der Waals surface area contributed by atoms with Crippen LogP contribution in [-0.4, -0.2) is 82.2 Å². The maximum Gasteiger partial charge on any atom is 0.335 e. The first-order chi connectivity index (χ1) is 11.1.